The van der Waals surface area contributed by atoms with Crippen molar-refractivity contribution in [3.8, 4) is 0 Å². The van der Waals surface area contributed by atoms with Gasteiger partial charge in [-0.2, -0.15) is 0 Å². The molecule has 0 atom stereocenters. The van der Waals surface area contributed by atoms with Gasteiger partial charge in [0.1, 0.15) is 0 Å². The summed E-state index contributed by atoms with van der Waals surface area (Å²) in [6.07, 6.45) is 0. The predicted molar refractivity (Wildman–Crippen MR) is 29.8 cm³/mol. The maximum atomic E-state index is 2.34. The summed E-state index contributed by atoms with van der Waals surface area (Å²) in [5.74, 6) is 0. The molecule has 0 radical (unpaired) electrons. The van der Waals surface area contributed by atoms with E-state index in [4.69, 9.17) is 0 Å². The molecular weight excluding hydrogens is 255 g/mol. The van der Waals surface area contributed by atoms with Crippen LogP contribution < -0.4 is 0 Å². The Morgan fingerprint density at radius 3 is 2.00 bits per heavy atom. The average Bonchev–Trinajstić information content (AvgIpc) is 1.72. The molecule has 0 amide bonds. The van der Waals surface area contributed by atoms with E-state index < -0.39 is 0 Å². The van der Waals surface area contributed by atoms with E-state index in [9.17, 15) is 0 Å². The SMILES string of the molecule is C1=C[Te]C=C[Se]1. The molecule has 1 rings (SSSR count). The van der Waals surface area contributed by atoms with Crippen LogP contribution >= 0.6 is 0 Å². The molecule has 1 aliphatic rings. The normalized spacial score (nSPS) is 18.7. The van der Waals surface area contributed by atoms with Crippen molar-refractivity contribution in [3.63, 3.8) is 0 Å². The molecule has 1 heterocycles. The summed E-state index contributed by atoms with van der Waals surface area (Å²) in [4.78, 5) is 4.60. The Labute approximate surface area is 53.9 Å². The molecule has 32 valence electrons. The first-order valence-electron chi connectivity index (χ1n) is 1.61. The van der Waals surface area contributed by atoms with Gasteiger partial charge in [0.25, 0.3) is 0 Å². The Morgan fingerprint density at radius 1 is 1.17 bits per heavy atom. The topological polar surface area (TPSA) is 0 Å². The molecule has 0 aromatic rings. The van der Waals surface area contributed by atoms with Crippen molar-refractivity contribution in [1.29, 1.82) is 0 Å². The molecule has 0 aromatic heterocycles. The van der Waals surface area contributed by atoms with Crippen molar-refractivity contribution in [1.82, 2.24) is 0 Å². The molecule has 0 fully saturated rings. The van der Waals surface area contributed by atoms with Crippen molar-refractivity contribution < 1.29 is 0 Å². The zero-order valence-corrected chi connectivity index (χ0v) is 7.17. The first kappa shape index (κ1) is 4.94. The first-order chi connectivity index (χ1) is 3.00. The van der Waals surface area contributed by atoms with Gasteiger partial charge in [-0.1, -0.05) is 0 Å². The fraction of sp³-hybridized carbons (Fsp3) is 0. The predicted octanol–water partition coefficient (Wildman–Crippen LogP) is 0.351. The quantitative estimate of drug-likeness (QED) is 0.550. The van der Waals surface area contributed by atoms with Gasteiger partial charge in [-0.25, -0.2) is 0 Å². The molecule has 0 spiro atoms. The summed E-state index contributed by atoms with van der Waals surface area (Å²) in [5, 5.41) is 0. The molecule has 0 saturated carbocycles. The van der Waals surface area contributed by atoms with Crippen LogP contribution in [0.3, 0.4) is 0 Å². The molecular formula is C4H4SeTe. The van der Waals surface area contributed by atoms with Gasteiger partial charge >= 0.3 is 54.1 Å². The van der Waals surface area contributed by atoms with E-state index in [2.05, 4.69) is 18.2 Å². The Kier molecular flexibility index (Phi) is 2.37. The summed E-state index contributed by atoms with van der Waals surface area (Å²) in [5.41, 5.74) is 0. The first-order valence-corrected chi connectivity index (χ1v) is 6.28. The third kappa shape index (κ3) is 1.49. The van der Waals surface area contributed by atoms with Crippen LogP contribution in [0, 0.1) is 0 Å². The van der Waals surface area contributed by atoms with Crippen molar-refractivity contribution in [2.75, 3.05) is 0 Å². The number of hydrogen-bond acceptors (Lipinski definition) is 0. The van der Waals surface area contributed by atoms with Gasteiger partial charge in [-0.15, -0.1) is 0 Å². The van der Waals surface area contributed by atoms with Gasteiger partial charge in [0.15, 0.2) is 0 Å². The van der Waals surface area contributed by atoms with Crippen molar-refractivity contribution in [2.24, 2.45) is 0 Å². The molecule has 0 N–H and O–H groups in total. The van der Waals surface area contributed by atoms with Crippen LogP contribution in [0.2, 0.25) is 0 Å². The minimum atomic E-state index is 0.226. The summed E-state index contributed by atoms with van der Waals surface area (Å²) in [7, 11) is 0. The third-order valence-corrected chi connectivity index (χ3v) is 5.74. The molecule has 0 aromatic carbocycles. The van der Waals surface area contributed by atoms with Crippen LogP contribution in [0.25, 0.3) is 0 Å². The number of rotatable bonds is 0. The zero-order chi connectivity index (χ0) is 4.24. The average molecular weight is 259 g/mol. The second-order valence-corrected chi connectivity index (χ2v) is 4.86. The molecule has 2 heteroatoms. The molecule has 0 nitrogen and oxygen atoms in total. The monoisotopic (exact) mass is 262 g/mol. The van der Waals surface area contributed by atoms with Gasteiger partial charge in [0.2, 0.25) is 0 Å². The standard InChI is InChI=1S/C4H4SeTe/c1-3-6-4-2-5-1/h1-4H. The van der Waals surface area contributed by atoms with Crippen LogP contribution in [-0.4, -0.2) is 35.9 Å². The summed E-state index contributed by atoms with van der Waals surface area (Å²) < 4.78 is 4.68. The van der Waals surface area contributed by atoms with Crippen LogP contribution in [-0.2, 0) is 0 Å². The van der Waals surface area contributed by atoms with E-state index in [0.717, 1.165) is 15.0 Å². The Balaban J connectivity index is 2.40. The molecule has 1 aliphatic heterocycles. The second kappa shape index (κ2) is 2.88. The Hall–Kier alpha value is 0.789. The molecule has 0 aliphatic carbocycles. The summed E-state index contributed by atoms with van der Waals surface area (Å²) in [6.45, 7) is 0. The van der Waals surface area contributed by atoms with Crippen LogP contribution in [0.15, 0.2) is 18.2 Å². The molecule has 0 bridgehead atoms. The maximum absolute atomic E-state index is 2.34. The number of hydrogen-bond donors (Lipinski definition) is 0. The van der Waals surface area contributed by atoms with Gasteiger partial charge in [-0.05, 0) is 0 Å². The van der Waals surface area contributed by atoms with E-state index in [1.807, 2.05) is 0 Å². The van der Waals surface area contributed by atoms with E-state index >= 15 is 0 Å². The Bertz CT molecular complexity index is 65.5. The van der Waals surface area contributed by atoms with Gasteiger partial charge in [0, 0.05) is 0 Å². The van der Waals surface area contributed by atoms with Gasteiger partial charge in [-0.3, -0.25) is 0 Å². The van der Waals surface area contributed by atoms with Gasteiger partial charge < -0.3 is 0 Å². The summed E-state index contributed by atoms with van der Waals surface area (Å²) in [6, 6.07) is 0. The van der Waals surface area contributed by atoms with Crippen LogP contribution in [0.1, 0.15) is 0 Å². The van der Waals surface area contributed by atoms with Crippen LogP contribution in [0.5, 0.6) is 0 Å². The molecule has 0 unspecified atom stereocenters. The molecule has 6 heavy (non-hydrogen) atoms. The van der Waals surface area contributed by atoms with Crippen molar-refractivity contribution in [3.05, 3.63) is 18.2 Å². The van der Waals surface area contributed by atoms with Crippen molar-refractivity contribution >= 4 is 35.9 Å². The van der Waals surface area contributed by atoms with E-state index in [0.29, 0.717) is 0 Å². The third-order valence-electron chi connectivity index (χ3n) is 0.425. The van der Waals surface area contributed by atoms with Gasteiger partial charge in [0.05, 0.1) is 0 Å². The Morgan fingerprint density at radius 2 is 1.83 bits per heavy atom. The fourth-order valence-corrected chi connectivity index (χ4v) is 5.01. The second-order valence-electron chi connectivity index (χ2n) is 0.816. The van der Waals surface area contributed by atoms with E-state index in [1.165, 1.54) is 0 Å². The van der Waals surface area contributed by atoms with Crippen LogP contribution in [0.4, 0.5) is 0 Å². The summed E-state index contributed by atoms with van der Waals surface area (Å²) >= 11 is 0.952. The zero-order valence-electron chi connectivity index (χ0n) is 3.13. The fourth-order valence-electron chi connectivity index (χ4n) is 0.219. The molecule has 0 saturated heterocycles. The minimum absolute atomic E-state index is 0.226. The van der Waals surface area contributed by atoms with E-state index in [-0.39, 0.29) is 20.9 Å². The van der Waals surface area contributed by atoms with Crippen molar-refractivity contribution in [2.45, 2.75) is 0 Å². The van der Waals surface area contributed by atoms with E-state index in [1.54, 1.807) is 0 Å².